The van der Waals surface area contributed by atoms with Crippen LogP contribution < -0.4 is 15.4 Å². The van der Waals surface area contributed by atoms with E-state index < -0.39 is 0 Å². The van der Waals surface area contributed by atoms with Gasteiger partial charge in [0.2, 0.25) is 0 Å². The molecule has 1 aliphatic heterocycles. The van der Waals surface area contributed by atoms with Crippen LogP contribution in [0, 0.1) is 5.92 Å². The fraction of sp³-hybridized carbons (Fsp3) is 0.400. The molecule has 2 heterocycles. The lowest BCUT2D eigenvalue weighted by atomic mass is 10.1. The number of ether oxygens (including phenoxy) is 1. The van der Waals surface area contributed by atoms with Gasteiger partial charge >= 0.3 is 0 Å². The molecule has 3 rings (SSSR count). The molecule has 1 saturated heterocycles. The largest absolute Gasteiger partial charge is 0.497 e. The van der Waals surface area contributed by atoms with Crippen LogP contribution in [0.1, 0.15) is 6.92 Å². The predicted molar refractivity (Wildman–Crippen MR) is 77.6 cm³/mol. The zero-order valence-corrected chi connectivity index (χ0v) is 11.3. The number of hydrogen-bond acceptors (Lipinski definition) is 4. The molecule has 2 atom stereocenters. The molecule has 1 aromatic carbocycles. The average Bonchev–Trinajstić information content (AvgIpc) is 2.77. The van der Waals surface area contributed by atoms with Gasteiger partial charge in [-0.05, 0) is 29.5 Å². The molecule has 2 N–H and O–H groups in total. The van der Waals surface area contributed by atoms with Crippen molar-refractivity contribution in [1.82, 2.24) is 4.98 Å². The van der Waals surface area contributed by atoms with Gasteiger partial charge in [0.05, 0.1) is 7.11 Å². The fourth-order valence-electron chi connectivity index (χ4n) is 2.68. The second kappa shape index (κ2) is 4.70. The summed E-state index contributed by atoms with van der Waals surface area (Å²) < 4.78 is 5.31. The molecule has 4 heteroatoms. The monoisotopic (exact) mass is 257 g/mol. The zero-order valence-electron chi connectivity index (χ0n) is 11.3. The Bertz CT molecular complexity index is 589. The summed E-state index contributed by atoms with van der Waals surface area (Å²) in [7, 11) is 1.69. The summed E-state index contributed by atoms with van der Waals surface area (Å²) in [6, 6.07) is 8.34. The number of methoxy groups -OCH3 is 1. The van der Waals surface area contributed by atoms with E-state index in [1.165, 1.54) is 5.39 Å². The summed E-state index contributed by atoms with van der Waals surface area (Å²) in [5.74, 6) is 2.37. The molecule has 100 valence electrons. The Morgan fingerprint density at radius 2 is 2.16 bits per heavy atom. The van der Waals surface area contributed by atoms with Crippen LogP contribution in [-0.4, -0.2) is 31.2 Å². The molecule has 0 radical (unpaired) electrons. The molecule has 1 fully saturated rings. The van der Waals surface area contributed by atoms with Crippen LogP contribution in [-0.2, 0) is 0 Å². The minimum atomic E-state index is 0.225. The lowest BCUT2D eigenvalue weighted by Crippen LogP contribution is -2.28. The molecular weight excluding hydrogens is 238 g/mol. The number of pyridine rings is 1. The number of fused-ring (bicyclic) bond motifs is 1. The summed E-state index contributed by atoms with van der Waals surface area (Å²) in [6.07, 6.45) is 1.86. The van der Waals surface area contributed by atoms with E-state index in [0.29, 0.717) is 5.92 Å². The molecule has 0 spiro atoms. The molecule has 19 heavy (non-hydrogen) atoms. The Morgan fingerprint density at radius 1 is 1.32 bits per heavy atom. The number of rotatable bonds is 2. The van der Waals surface area contributed by atoms with Gasteiger partial charge in [0.15, 0.2) is 0 Å². The second-order valence-corrected chi connectivity index (χ2v) is 5.27. The summed E-state index contributed by atoms with van der Waals surface area (Å²) in [4.78, 5) is 6.82. The molecular formula is C15H19N3O. The highest BCUT2D eigenvalue weighted by Gasteiger charge is 2.28. The second-order valence-electron chi connectivity index (χ2n) is 5.27. The van der Waals surface area contributed by atoms with Crippen molar-refractivity contribution in [2.75, 3.05) is 25.1 Å². The van der Waals surface area contributed by atoms with Crippen molar-refractivity contribution in [2.45, 2.75) is 13.0 Å². The number of anilines is 1. The minimum Gasteiger partial charge on any atom is -0.497 e. The van der Waals surface area contributed by atoms with Gasteiger partial charge in [0.1, 0.15) is 11.6 Å². The minimum absolute atomic E-state index is 0.225. The maximum atomic E-state index is 6.11. The van der Waals surface area contributed by atoms with Gasteiger partial charge in [0.25, 0.3) is 0 Å². The molecule has 0 saturated carbocycles. The van der Waals surface area contributed by atoms with Gasteiger partial charge in [-0.15, -0.1) is 0 Å². The molecule has 2 aromatic rings. The topological polar surface area (TPSA) is 51.4 Å². The van der Waals surface area contributed by atoms with E-state index in [0.717, 1.165) is 30.0 Å². The third kappa shape index (κ3) is 2.12. The normalized spacial score (nSPS) is 23.0. The van der Waals surface area contributed by atoms with Crippen LogP contribution in [0.2, 0.25) is 0 Å². The standard InChI is InChI=1S/C15H19N3O/c1-10-8-18(9-14(10)16)15-13-7-12(19-2)4-3-11(13)5-6-17-15/h3-7,10,14H,8-9,16H2,1-2H3. The van der Waals surface area contributed by atoms with Gasteiger partial charge in [-0.25, -0.2) is 4.98 Å². The van der Waals surface area contributed by atoms with Crippen molar-refractivity contribution in [1.29, 1.82) is 0 Å². The van der Waals surface area contributed by atoms with Crippen molar-refractivity contribution >= 4 is 16.6 Å². The molecule has 0 aliphatic carbocycles. The molecule has 2 unspecified atom stereocenters. The lowest BCUT2D eigenvalue weighted by Gasteiger charge is -2.19. The third-order valence-corrected chi connectivity index (χ3v) is 3.92. The van der Waals surface area contributed by atoms with Crippen LogP contribution in [0.3, 0.4) is 0 Å². The highest BCUT2D eigenvalue weighted by atomic mass is 16.5. The van der Waals surface area contributed by atoms with E-state index in [9.17, 15) is 0 Å². The first kappa shape index (κ1) is 12.2. The number of nitrogens with two attached hydrogens (primary N) is 1. The lowest BCUT2D eigenvalue weighted by molar-refractivity contribution is 0.415. The van der Waals surface area contributed by atoms with E-state index in [4.69, 9.17) is 10.5 Å². The van der Waals surface area contributed by atoms with Gasteiger partial charge < -0.3 is 15.4 Å². The molecule has 4 nitrogen and oxygen atoms in total. The van der Waals surface area contributed by atoms with Gasteiger partial charge in [-0.2, -0.15) is 0 Å². The first-order valence-electron chi connectivity index (χ1n) is 6.62. The third-order valence-electron chi connectivity index (χ3n) is 3.92. The summed E-state index contributed by atoms with van der Waals surface area (Å²) in [5, 5.41) is 2.31. The molecule has 1 aliphatic rings. The molecule has 1 aromatic heterocycles. The van der Waals surface area contributed by atoms with Crippen LogP contribution in [0.4, 0.5) is 5.82 Å². The molecule has 0 amide bonds. The molecule has 0 bridgehead atoms. The summed E-state index contributed by atoms with van der Waals surface area (Å²) >= 11 is 0. The van der Waals surface area contributed by atoms with Gasteiger partial charge in [-0.3, -0.25) is 0 Å². The number of nitrogens with zero attached hydrogens (tertiary/aromatic N) is 2. The number of hydrogen-bond donors (Lipinski definition) is 1. The van der Waals surface area contributed by atoms with E-state index in [2.05, 4.69) is 22.9 Å². The fourth-order valence-corrected chi connectivity index (χ4v) is 2.68. The highest BCUT2D eigenvalue weighted by molar-refractivity contribution is 5.93. The van der Waals surface area contributed by atoms with Crippen molar-refractivity contribution in [3.63, 3.8) is 0 Å². The maximum absolute atomic E-state index is 6.11. The Morgan fingerprint density at radius 3 is 2.84 bits per heavy atom. The van der Waals surface area contributed by atoms with Crippen LogP contribution in [0.5, 0.6) is 5.75 Å². The van der Waals surface area contributed by atoms with Crippen molar-refractivity contribution in [2.24, 2.45) is 11.7 Å². The average molecular weight is 257 g/mol. The summed E-state index contributed by atoms with van der Waals surface area (Å²) in [6.45, 7) is 4.02. The quantitative estimate of drug-likeness (QED) is 0.894. The van der Waals surface area contributed by atoms with Crippen molar-refractivity contribution in [3.05, 3.63) is 30.5 Å². The zero-order chi connectivity index (χ0) is 13.4. The number of benzene rings is 1. The predicted octanol–water partition coefficient (Wildman–Crippen LogP) is 2.03. The Kier molecular flexibility index (Phi) is 3.03. The smallest absolute Gasteiger partial charge is 0.136 e. The Labute approximate surface area is 113 Å². The van der Waals surface area contributed by atoms with Gasteiger partial charge in [-0.1, -0.05) is 13.0 Å². The Hall–Kier alpha value is -1.81. The van der Waals surface area contributed by atoms with Crippen LogP contribution >= 0.6 is 0 Å². The first-order valence-corrected chi connectivity index (χ1v) is 6.62. The van der Waals surface area contributed by atoms with Gasteiger partial charge in [0, 0.05) is 30.7 Å². The van der Waals surface area contributed by atoms with Crippen molar-refractivity contribution < 1.29 is 4.74 Å². The van der Waals surface area contributed by atoms with E-state index in [1.807, 2.05) is 24.4 Å². The van der Waals surface area contributed by atoms with E-state index in [-0.39, 0.29) is 6.04 Å². The van der Waals surface area contributed by atoms with E-state index in [1.54, 1.807) is 7.11 Å². The number of aromatic nitrogens is 1. The van der Waals surface area contributed by atoms with Crippen molar-refractivity contribution in [3.8, 4) is 5.75 Å². The Balaban J connectivity index is 2.08. The van der Waals surface area contributed by atoms with Crippen LogP contribution in [0.25, 0.3) is 10.8 Å². The highest BCUT2D eigenvalue weighted by Crippen LogP contribution is 2.30. The van der Waals surface area contributed by atoms with Crippen LogP contribution in [0.15, 0.2) is 30.5 Å². The first-order chi connectivity index (χ1) is 9.19. The maximum Gasteiger partial charge on any atom is 0.136 e. The SMILES string of the molecule is COc1ccc2ccnc(N3CC(C)C(N)C3)c2c1. The summed E-state index contributed by atoms with van der Waals surface area (Å²) in [5.41, 5.74) is 6.11. The van der Waals surface area contributed by atoms with E-state index >= 15 is 0 Å².